The Labute approximate surface area is 180 Å². The number of H-pyrrole nitrogens is 1. The van der Waals surface area contributed by atoms with Crippen molar-refractivity contribution in [1.29, 1.82) is 5.26 Å². The zero-order valence-corrected chi connectivity index (χ0v) is 18.0. The quantitative estimate of drug-likeness (QED) is 0.531. The summed E-state index contributed by atoms with van der Waals surface area (Å²) >= 11 is 1.39. The molecule has 0 bridgehead atoms. The van der Waals surface area contributed by atoms with E-state index in [-0.39, 0.29) is 23.5 Å². The zero-order chi connectivity index (χ0) is 22.3. The van der Waals surface area contributed by atoms with Crippen LogP contribution in [0.2, 0.25) is 0 Å². The Kier molecular flexibility index (Phi) is 5.17. The van der Waals surface area contributed by atoms with E-state index in [0.717, 1.165) is 26.1 Å². The molecule has 0 aliphatic heterocycles. The Bertz CT molecular complexity index is 1530. The van der Waals surface area contributed by atoms with E-state index in [2.05, 4.69) is 9.97 Å². The van der Waals surface area contributed by atoms with E-state index in [4.69, 9.17) is 0 Å². The topological polar surface area (TPSA) is 114 Å². The first-order valence-electron chi connectivity index (χ1n) is 9.67. The van der Waals surface area contributed by atoms with E-state index in [1.54, 1.807) is 6.92 Å². The summed E-state index contributed by atoms with van der Waals surface area (Å²) in [5, 5.41) is 9.70. The van der Waals surface area contributed by atoms with Crippen molar-refractivity contribution in [2.24, 2.45) is 0 Å². The summed E-state index contributed by atoms with van der Waals surface area (Å²) in [6.45, 7) is 5.75. The number of nitriles is 1. The maximum atomic E-state index is 13.0. The van der Waals surface area contributed by atoms with Gasteiger partial charge in [0.15, 0.2) is 0 Å². The number of nitrogens with one attached hydrogen (secondary N) is 1. The van der Waals surface area contributed by atoms with Crippen molar-refractivity contribution in [3.8, 4) is 17.2 Å². The number of thiophene rings is 1. The fourth-order valence-corrected chi connectivity index (χ4v) is 4.62. The Morgan fingerprint density at radius 1 is 1.16 bits per heavy atom. The van der Waals surface area contributed by atoms with Gasteiger partial charge in [-0.25, -0.2) is 9.78 Å². The van der Waals surface area contributed by atoms with Crippen molar-refractivity contribution in [1.82, 2.24) is 19.1 Å². The van der Waals surface area contributed by atoms with Gasteiger partial charge in [-0.3, -0.25) is 18.7 Å². The van der Waals surface area contributed by atoms with Gasteiger partial charge < -0.3 is 4.98 Å². The maximum Gasteiger partial charge on any atom is 0.331 e. The first-order valence-corrected chi connectivity index (χ1v) is 10.5. The van der Waals surface area contributed by atoms with Gasteiger partial charge in [-0.2, -0.15) is 5.26 Å². The van der Waals surface area contributed by atoms with Crippen LogP contribution >= 0.6 is 11.3 Å². The van der Waals surface area contributed by atoms with E-state index >= 15 is 0 Å². The number of hydrogen-bond donors (Lipinski definition) is 1. The van der Waals surface area contributed by atoms with Crippen molar-refractivity contribution in [2.45, 2.75) is 33.9 Å². The second-order valence-corrected chi connectivity index (χ2v) is 8.41. The molecule has 4 rings (SSSR count). The molecule has 0 spiro atoms. The summed E-state index contributed by atoms with van der Waals surface area (Å²) in [6.07, 6.45) is 1.25. The molecule has 0 saturated carbocycles. The second-order valence-electron chi connectivity index (χ2n) is 7.21. The molecule has 3 aromatic heterocycles. The van der Waals surface area contributed by atoms with Gasteiger partial charge in [-0.05, 0) is 26.3 Å². The molecule has 3 heterocycles. The van der Waals surface area contributed by atoms with Gasteiger partial charge in [0.05, 0.1) is 11.9 Å². The highest BCUT2D eigenvalue weighted by atomic mass is 32.1. The van der Waals surface area contributed by atoms with Crippen LogP contribution in [0.5, 0.6) is 0 Å². The molecule has 156 valence electrons. The molecule has 0 saturated heterocycles. The Balaban J connectivity index is 1.87. The number of aryl methyl sites for hydroxylation is 3. The molecular weight excluding hydrogens is 414 g/mol. The monoisotopic (exact) mass is 433 g/mol. The van der Waals surface area contributed by atoms with Crippen LogP contribution < -0.4 is 16.8 Å². The molecule has 0 radical (unpaired) electrons. The zero-order valence-electron chi connectivity index (χ0n) is 17.2. The molecule has 0 fully saturated rings. The third kappa shape index (κ3) is 3.51. The molecule has 0 amide bonds. The molecule has 1 N–H and O–H groups in total. The number of benzene rings is 1. The minimum Gasteiger partial charge on any atom is -0.308 e. The van der Waals surface area contributed by atoms with Crippen LogP contribution in [0.15, 0.2) is 44.8 Å². The molecular formula is C22H19N5O3S. The van der Waals surface area contributed by atoms with Gasteiger partial charge in [0.2, 0.25) is 0 Å². The Morgan fingerprint density at radius 2 is 1.87 bits per heavy atom. The molecule has 9 heteroatoms. The third-order valence-corrected chi connectivity index (χ3v) is 6.13. The molecule has 4 aromatic rings. The van der Waals surface area contributed by atoms with Gasteiger partial charge in [0.25, 0.3) is 11.1 Å². The van der Waals surface area contributed by atoms with Gasteiger partial charge in [0, 0.05) is 23.2 Å². The smallest absolute Gasteiger partial charge is 0.308 e. The molecule has 31 heavy (non-hydrogen) atoms. The van der Waals surface area contributed by atoms with E-state index in [1.807, 2.05) is 44.2 Å². The van der Waals surface area contributed by atoms with E-state index in [1.165, 1.54) is 22.1 Å². The third-order valence-electron chi connectivity index (χ3n) is 5.13. The normalized spacial score (nSPS) is 11.0. The van der Waals surface area contributed by atoms with Crippen molar-refractivity contribution in [3.05, 3.63) is 83.5 Å². The van der Waals surface area contributed by atoms with Crippen molar-refractivity contribution >= 4 is 21.6 Å². The van der Waals surface area contributed by atoms with Crippen LogP contribution in [0, 0.1) is 25.2 Å². The number of hydrogen-bond acceptors (Lipinski definition) is 6. The van der Waals surface area contributed by atoms with Crippen molar-refractivity contribution in [2.75, 3.05) is 0 Å². The fraction of sp³-hybridized carbons (Fsp3) is 0.227. The van der Waals surface area contributed by atoms with Crippen LogP contribution in [0.3, 0.4) is 0 Å². The minimum atomic E-state index is -0.706. The standard InChI is InChI=1S/C22H19N5O3S/c1-4-26-10-15(9-23)21(29)27(22(26)30)11-16-24-19(28)18-17(13(3)31-20(18)25-16)14-7-5-12(2)6-8-14/h5-8,10H,4,11H2,1-3H3,(H,24,25,28). The Morgan fingerprint density at radius 3 is 2.52 bits per heavy atom. The highest BCUT2D eigenvalue weighted by Crippen LogP contribution is 2.35. The summed E-state index contributed by atoms with van der Waals surface area (Å²) in [4.78, 5) is 46.8. The maximum absolute atomic E-state index is 13.0. The SMILES string of the molecule is CCn1cc(C#N)c(=O)n(Cc2nc3sc(C)c(-c4ccc(C)cc4)c3c(=O)[nH]2)c1=O. The van der Waals surface area contributed by atoms with Gasteiger partial charge in [0.1, 0.15) is 22.3 Å². The minimum absolute atomic E-state index is 0.140. The predicted molar refractivity (Wildman–Crippen MR) is 120 cm³/mol. The summed E-state index contributed by atoms with van der Waals surface area (Å²) in [6, 6.07) is 9.73. The molecule has 0 atom stereocenters. The highest BCUT2D eigenvalue weighted by Gasteiger charge is 2.18. The van der Waals surface area contributed by atoms with Gasteiger partial charge in [-0.15, -0.1) is 11.3 Å². The van der Waals surface area contributed by atoms with Crippen LogP contribution in [0.25, 0.3) is 21.3 Å². The lowest BCUT2D eigenvalue weighted by Gasteiger charge is -2.09. The molecule has 1 aromatic carbocycles. The van der Waals surface area contributed by atoms with Crippen LogP contribution in [0.4, 0.5) is 0 Å². The van der Waals surface area contributed by atoms with Crippen molar-refractivity contribution < 1.29 is 0 Å². The highest BCUT2D eigenvalue weighted by molar-refractivity contribution is 7.19. The summed E-state index contributed by atoms with van der Waals surface area (Å²) < 4.78 is 2.20. The number of fused-ring (bicyclic) bond motifs is 1. The van der Waals surface area contributed by atoms with Crippen LogP contribution in [-0.2, 0) is 13.1 Å². The van der Waals surface area contributed by atoms with E-state index < -0.39 is 11.2 Å². The lowest BCUT2D eigenvalue weighted by molar-refractivity contribution is 0.585. The average molecular weight is 433 g/mol. The summed E-state index contributed by atoms with van der Waals surface area (Å²) in [7, 11) is 0. The first-order chi connectivity index (χ1) is 14.8. The number of aromatic amines is 1. The Hall–Kier alpha value is -3.77. The molecule has 0 unspecified atom stereocenters. The number of rotatable bonds is 4. The summed E-state index contributed by atoms with van der Waals surface area (Å²) in [5.74, 6) is 0.186. The van der Waals surface area contributed by atoms with E-state index in [0.29, 0.717) is 16.8 Å². The number of aromatic nitrogens is 4. The number of nitrogens with zero attached hydrogens (tertiary/aromatic N) is 4. The second kappa shape index (κ2) is 7.81. The van der Waals surface area contributed by atoms with Crippen molar-refractivity contribution in [3.63, 3.8) is 0 Å². The lowest BCUT2D eigenvalue weighted by Crippen LogP contribution is -2.41. The average Bonchev–Trinajstić information content (AvgIpc) is 3.08. The molecule has 8 nitrogen and oxygen atoms in total. The van der Waals surface area contributed by atoms with Gasteiger partial charge in [-0.1, -0.05) is 29.8 Å². The lowest BCUT2D eigenvalue weighted by atomic mass is 10.0. The fourth-order valence-electron chi connectivity index (χ4n) is 3.55. The first kappa shape index (κ1) is 20.5. The van der Waals surface area contributed by atoms with Crippen LogP contribution in [-0.4, -0.2) is 19.1 Å². The van der Waals surface area contributed by atoms with Crippen LogP contribution in [0.1, 0.15) is 28.8 Å². The predicted octanol–water partition coefficient (Wildman–Crippen LogP) is 2.53. The van der Waals surface area contributed by atoms with Gasteiger partial charge >= 0.3 is 5.69 Å². The molecule has 0 aliphatic rings. The molecule has 0 aliphatic carbocycles. The summed E-state index contributed by atoms with van der Waals surface area (Å²) in [5.41, 5.74) is 1.15. The van der Waals surface area contributed by atoms with E-state index in [9.17, 15) is 19.6 Å². The largest absolute Gasteiger partial charge is 0.331 e.